The van der Waals surface area contributed by atoms with E-state index in [-0.39, 0.29) is 29.2 Å². The molecule has 1 spiro atoms. The monoisotopic (exact) mass is 514 g/mol. The molecular formula is C30H43FN2O4. The first-order chi connectivity index (χ1) is 18.0. The number of ether oxygens (including phenoxy) is 2. The zero-order valence-corrected chi connectivity index (χ0v) is 22.1. The molecule has 0 aromatic heterocycles. The Morgan fingerprint density at radius 3 is 2.19 bits per heavy atom. The van der Waals surface area contributed by atoms with Gasteiger partial charge < -0.3 is 19.7 Å². The van der Waals surface area contributed by atoms with Crippen LogP contribution in [0.1, 0.15) is 87.4 Å². The lowest BCUT2D eigenvalue weighted by atomic mass is 9.82. The van der Waals surface area contributed by atoms with Gasteiger partial charge in [0, 0.05) is 36.8 Å². The van der Waals surface area contributed by atoms with Gasteiger partial charge in [0.15, 0.2) is 11.6 Å². The Kier molecular flexibility index (Phi) is 8.93. The highest BCUT2D eigenvalue weighted by molar-refractivity contribution is 5.97. The van der Waals surface area contributed by atoms with Gasteiger partial charge in [-0.15, -0.1) is 0 Å². The van der Waals surface area contributed by atoms with Crippen molar-refractivity contribution in [2.75, 3.05) is 32.8 Å². The van der Waals surface area contributed by atoms with Gasteiger partial charge in [-0.2, -0.15) is 0 Å². The zero-order valence-electron chi connectivity index (χ0n) is 22.1. The van der Waals surface area contributed by atoms with E-state index in [2.05, 4.69) is 10.2 Å². The summed E-state index contributed by atoms with van der Waals surface area (Å²) in [6.45, 7) is 4.42. The summed E-state index contributed by atoms with van der Waals surface area (Å²) in [6.07, 6.45) is 12.0. The van der Waals surface area contributed by atoms with Crippen molar-refractivity contribution in [3.8, 4) is 0 Å². The van der Waals surface area contributed by atoms with Crippen molar-refractivity contribution in [2.45, 2.75) is 88.9 Å². The van der Waals surface area contributed by atoms with Crippen LogP contribution in [0.15, 0.2) is 24.3 Å². The minimum Gasteiger partial charge on any atom is -0.353 e. The number of likely N-dealkylation sites (tertiary alicyclic amines) is 1. The van der Waals surface area contributed by atoms with Gasteiger partial charge in [-0.25, -0.2) is 4.39 Å². The van der Waals surface area contributed by atoms with Gasteiger partial charge in [-0.1, -0.05) is 0 Å². The first-order valence-corrected chi connectivity index (χ1v) is 14.6. The maximum atomic E-state index is 13.1. The topological polar surface area (TPSA) is 67.9 Å². The number of hydrogen-bond acceptors (Lipinski definition) is 5. The normalized spacial score (nSPS) is 27.4. The second-order valence-electron chi connectivity index (χ2n) is 11.8. The van der Waals surface area contributed by atoms with E-state index in [9.17, 15) is 14.0 Å². The number of halogens is 1. The van der Waals surface area contributed by atoms with Crippen LogP contribution >= 0.6 is 0 Å². The Bertz CT molecular complexity index is 891. The fourth-order valence-electron chi connectivity index (χ4n) is 6.89. The van der Waals surface area contributed by atoms with Gasteiger partial charge in [-0.3, -0.25) is 9.59 Å². The predicted octanol–water partition coefficient (Wildman–Crippen LogP) is 5.11. The molecule has 37 heavy (non-hydrogen) atoms. The summed E-state index contributed by atoms with van der Waals surface area (Å²) in [5.41, 5.74) is 0.629. The first kappa shape index (κ1) is 26.8. The van der Waals surface area contributed by atoms with Gasteiger partial charge in [0.25, 0.3) is 0 Å². The van der Waals surface area contributed by atoms with Crippen LogP contribution in [0.2, 0.25) is 0 Å². The molecule has 0 radical (unpaired) electrons. The number of benzene rings is 1. The number of hydrogen-bond donors (Lipinski definition) is 1. The molecule has 0 bridgehead atoms. The molecule has 2 saturated carbocycles. The summed E-state index contributed by atoms with van der Waals surface area (Å²) in [7, 11) is 0. The lowest BCUT2D eigenvalue weighted by Crippen LogP contribution is -2.41. The van der Waals surface area contributed by atoms with E-state index in [0.717, 1.165) is 76.9 Å². The summed E-state index contributed by atoms with van der Waals surface area (Å²) in [6, 6.07) is 6.28. The number of ketones is 1. The van der Waals surface area contributed by atoms with Gasteiger partial charge in [-0.05, 0) is 114 Å². The Morgan fingerprint density at radius 2 is 1.54 bits per heavy atom. The summed E-state index contributed by atoms with van der Waals surface area (Å²) in [5.74, 6) is 0.964. The van der Waals surface area contributed by atoms with Crippen LogP contribution in [0.3, 0.4) is 0 Å². The van der Waals surface area contributed by atoms with Crippen LogP contribution in [-0.4, -0.2) is 61.3 Å². The number of piperidine rings is 1. The Labute approximate surface area is 220 Å². The molecule has 6 nitrogen and oxygen atoms in total. The smallest absolute Gasteiger partial charge is 0.220 e. The first-order valence-electron chi connectivity index (χ1n) is 14.6. The summed E-state index contributed by atoms with van der Waals surface area (Å²) < 4.78 is 24.8. The molecular weight excluding hydrogens is 471 g/mol. The molecule has 1 aromatic rings. The van der Waals surface area contributed by atoms with E-state index in [0.29, 0.717) is 37.2 Å². The molecule has 2 saturated heterocycles. The third-order valence-electron chi connectivity index (χ3n) is 9.31. The molecule has 1 N–H and O–H groups in total. The number of carbonyl (C=O) groups is 2. The van der Waals surface area contributed by atoms with Gasteiger partial charge in [0.1, 0.15) is 5.82 Å². The van der Waals surface area contributed by atoms with E-state index in [1.165, 1.54) is 31.4 Å². The van der Waals surface area contributed by atoms with Crippen LogP contribution in [-0.2, 0) is 14.3 Å². The molecule has 1 amide bonds. The average Bonchev–Trinajstić information content (AvgIpc) is 3.38. The number of rotatable bonds is 8. The maximum Gasteiger partial charge on any atom is 0.220 e. The third-order valence-corrected chi connectivity index (χ3v) is 9.31. The van der Waals surface area contributed by atoms with Crippen LogP contribution < -0.4 is 5.32 Å². The van der Waals surface area contributed by atoms with Crippen LogP contribution in [0.5, 0.6) is 0 Å². The Hall–Kier alpha value is -1.83. The number of amides is 1. The minimum atomic E-state index is -0.345. The standard InChI is InChI=1S/C30H43FN2O4/c31-26-5-3-24(4-6-26)29(35)25-12-17-33(18-13-25)16-11-22-1-7-27(8-2-22)32-28(34)21-23-9-14-30(15-10-23)36-19-20-37-30/h3-6,22-23,25,27H,1-2,7-21H2,(H,32,34). The van der Waals surface area contributed by atoms with Crippen molar-refractivity contribution < 1.29 is 23.5 Å². The van der Waals surface area contributed by atoms with E-state index in [1.54, 1.807) is 12.1 Å². The van der Waals surface area contributed by atoms with Crippen LogP contribution in [0.25, 0.3) is 0 Å². The molecule has 0 atom stereocenters. The highest BCUT2D eigenvalue weighted by Gasteiger charge is 2.40. The van der Waals surface area contributed by atoms with E-state index in [1.807, 2.05) is 0 Å². The van der Waals surface area contributed by atoms with Crippen molar-refractivity contribution in [1.29, 1.82) is 0 Å². The molecule has 204 valence electrons. The summed E-state index contributed by atoms with van der Waals surface area (Å²) in [4.78, 5) is 27.9. The van der Waals surface area contributed by atoms with Crippen molar-refractivity contribution in [1.82, 2.24) is 10.2 Å². The molecule has 2 aliphatic carbocycles. The molecule has 2 aliphatic heterocycles. The van der Waals surface area contributed by atoms with E-state index >= 15 is 0 Å². The quantitative estimate of drug-likeness (QED) is 0.489. The van der Waals surface area contributed by atoms with Gasteiger partial charge in [0.05, 0.1) is 13.2 Å². The molecule has 0 unspecified atom stereocenters. The highest BCUT2D eigenvalue weighted by atomic mass is 19.1. The number of Topliss-reactive ketones (excluding diaryl/α,β-unsaturated/α-hetero) is 1. The summed E-state index contributed by atoms with van der Waals surface area (Å²) >= 11 is 0. The maximum absolute atomic E-state index is 13.1. The average molecular weight is 515 g/mol. The Balaban J connectivity index is 0.940. The lowest BCUT2D eigenvalue weighted by Gasteiger charge is -2.36. The molecule has 2 heterocycles. The van der Waals surface area contributed by atoms with Crippen molar-refractivity contribution in [2.24, 2.45) is 17.8 Å². The number of carbonyl (C=O) groups excluding carboxylic acids is 2. The largest absolute Gasteiger partial charge is 0.353 e. The van der Waals surface area contributed by atoms with Crippen LogP contribution in [0, 0.1) is 23.6 Å². The molecule has 4 fully saturated rings. The Morgan fingerprint density at radius 1 is 0.892 bits per heavy atom. The lowest BCUT2D eigenvalue weighted by molar-refractivity contribution is -0.183. The van der Waals surface area contributed by atoms with Crippen molar-refractivity contribution >= 4 is 11.7 Å². The second-order valence-corrected chi connectivity index (χ2v) is 11.8. The van der Waals surface area contributed by atoms with Gasteiger partial charge >= 0.3 is 0 Å². The van der Waals surface area contributed by atoms with E-state index < -0.39 is 0 Å². The van der Waals surface area contributed by atoms with Crippen molar-refractivity contribution in [3.63, 3.8) is 0 Å². The highest BCUT2D eigenvalue weighted by Crippen LogP contribution is 2.39. The predicted molar refractivity (Wildman–Crippen MR) is 140 cm³/mol. The van der Waals surface area contributed by atoms with Crippen molar-refractivity contribution in [3.05, 3.63) is 35.6 Å². The second kappa shape index (κ2) is 12.4. The SMILES string of the molecule is O=C(CC1CCC2(CC1)OCCO2)NC1CCC(CCN2CCC(C(=O)c3ccc(F)cc3)CC2)CC1. The number of nitrogens with one attached hydrogen (secondary N) is 1. The fraction of sp³-hybridized carbons (Fsp3) is 0.733. The van der Waals surface area contributed by atoms with Gasteiger partial charge in [0.2, 0.25) is 5.91 Å². The fourth-order valence-corrected chi connectivity index (χ4v) is 6.89. The molecule has 4 aliphatic rings. The number of nitrogens with zero attached hydrogens (tertiary/aromatic N) is 1. The summed E-state index contributed by atoms with van der Waals surface area (Å²) in [5, 5.41) is 3.32. The molecule has 5 rings (SSSR count). The van der Waals surface area contributed by atoms with Crippen LogP contribution in [0.4, 0.5) is 4.39 Å². The molecule has 1 aromatic carbocycles. The third kappa shape index (κ3) is 7.18. The molecule has 7 heteroatoms. The minimum absolute atomic E-state index is 0.0554. The van der Waals surface area contributed by atoms with E-state index in [4.69, 9.17) is 9.47 Å². The zero-order chi connectivity index (χ0) is 25.7.